The summed E-state index contributed by atoms with van der Waals surface area (Å²) in [5.74, 6) is -0.473. The smallest absolute Gasteiger partial charge is 0.458 e. The minimum absolute atomic E-state index is 0.0168. The third-order valence-electron chi connectivity index (χ3n) is 3.13. The molecule has 0 atom stereocenters. The van der Waals surface area contributed by atoms with Gasteiger partial charge in [0.1, 0.15) is 0 Å². The number of carbonyl (C=O) groups is 1. The summed E-state index contributed by atoms with van der Waals surface area (Å²) < 4.78 is 21.6. The van der Waals surface area contributed by atoms with E-state index in [1.807, 2.05) is 18.2 Å². The highest BCUT2D eigenvalue weighted by Gasteiger charge is 2.41. The average molecular weight is 324 g/mol. The molecule has 0 saturated heterocycles. The summed E-state index contributed by atoms with van der Waals surface area (Å²) in [4.78, 5) is 11.5. The fourth-order valence-electron chi connectivity index (χ4n) is 1.79. The van der Waals surface area contributed by atoms with E-state index >= 15 is 0 Å². The van der Waals surface area contributed by atoms with Crippen molar-refractivity contribution >= 4 is 14.8 Å². The molecule has 0 aliphatic heterocycles. The Bertz CT molecular complexity index is 471. The highest BCUT2D eigenvalue weighted by atomic mass is 28.4. The SMILES string of the molecule is C=C(C)C(=O)OC[Si](OC)(OC)OCCCc1ccccc1. The molecule has 0 radical (unpaired) electrons. The first-order chi connectivity index (χ1) is 10.5. The van der Waals surface area contributed by atoms with Gasteiger partial charge >= 0.3 is 14.8 Å². The molecule has 1 aromatic carbocycles. The van der Waals surface area contributed by atoms with Gasteiger partial charge in [0.15, 0.2) is 6.23 Å². The molecule has 0 aliphatic rings. The predicted octanol–water partition coefficient (Wildman–Crippen LogP) is 2.53. The lowest BCUT2D eigenvalue weighted by Gasteiger charge is -2.25. The lowest BCUT2D eigenvalue weighted by atomic mass is 10.1. The molecule has 0 N–H and O–H groups in total. The Morgan fingerprint density at radius 1 is 1.18 bits per heavy atom. The number of aryl methyl sites for hydroxylation is 1. The first-order valence-electron chi connectivity index (χ1n) is 7.14. The summed E-state index contributed by atoms with van der Waals surface area (Å²) in [6.45, 7) is 5.60. The molecule has 6 heteroatoms. The molecule has 1 rings (SSSR count). The van der Waals surface area contributed by atoms with Crippen molar-refractivity contribution in [1.29, 1.82) is 0 Å². The van der Waals surface area contributed by atoms with Crippen molar-refractivity contribution in [3.8, 4) is 0 Å². The molecule has 0 amide bonds. The van der Waals surface area contributed by atoms with Crippen molar-refractivity contribution in [2.45, 2.75) is 19.8 Å². The standard InChI is InChI=1S/C16H24O5Si/c1-14(2)16(17)20-13-22(18-3,19-4)21-12-8-11-15-9-6-5-7-10-15/h5-7,9-10H,1,8,11-13H2,2-4H3. The van der Waals surface area contributed by atoms with E-state index < -0.39 is 14.8 Å². The lowest BCUT2D eigenvalue weighted by molar-refractivity contribution is -0.138. The van der Waals surface area contributed by atoms with Gasteiger partial charge in [-0.25, -0.2) is 4.79 Å². The van der Waals surface area contributed by atoms with E-state index in [0.29, 0.717) is 12.2 Å². The molecule has 0 saturated carbocycles. The van der Waals surface area contributed by atoms with Crippen LogP contribution in [-0.4, -0.2) is 41.8 Å². The summed E-state index contributed by atoms with van der Waals surface area (Å²) in [5, 5.41) is 0. The number of ether oxygens (including phenoxy) is 1. The van der Waals surface area contributed by atoms with Gasteiger partial charge < -0.3 is 18.0 Å². The third kappa shape index (κ3) is 6.11. The maximum absolute atomic E-state index is 11.5. The topological polar surface area (TPSA) is 54.0 Å². The minimum atomic E-state index is -2.97. The van der Waals surface area contributed by atoms with Crippen molar-refractivity contribution in [2.75, 3.05) is 27.1 Å². The van der Waals surface area contributed by atoms with E-state index in [4.69, 9.17) is 18.0 Å². The quantitative estimate of drug-likeness (QED) is 0.286. The molecule has 0 spiro atoms. The van der Waals surface area contributed by atoms with Crippen LogP contribution < -0.4 is 0 Å². The highest BCUT2D eigenvalue weighted by molar-refractivity contribution is 6.60. The first-order valence-corrected chi connectivity index (χ1v) is 9.07. The second-order valence-corrected chi connectivity index (χ2v) is 7.65. The molecular weight excluding hydrogens is 300 g/mol. The summed E-state index contributed by atoms with van der Waals surface area (Å²) in [6, 6.07) is 10.2. The van der Waals surface area contributed by atoms with Gasteiger partial charge in [0.2, 0.25) is 0 Å². The zero-order chi connectivity index (χ0) is 16.4. The van der Waals surface area contributed by atoms with Gasteiger partial charge in [0.05, 0.1) is 0 Å². The zero-order valence-corrected chi connectivity index (χ0v) is 14.5. The Labute approximate surface area is 133 Å². The largest absolute Gasteiger partial charge is 0.540 e. The molecule has 0 aliphatic carbocycles. The van der Waals surface area contributed by atoms with Gasteiger partial charge in [-0.1, -0.05) is 36.9 Å². The van der Waals surface area contributed by atoms with E-state index in [-0.39, 0.29) is 6.23 Å². The van der Waals surface area contributed by atoms with Crippen LogP contribution in [0.4, 0.5) is 0 Å². The molecule has 0 fully saturated rings. The molecule has 0 heterocycles. The second kappa shape index (κ2) is 9.53. The summed E-state index contributed by atoms with van der Waals surface area (Å²) >= 11 is 0. The van der Waals surface area contributed by atoms with E-state index in [0.717, 1.165) is 12.8 Å². The Morgan fingerprint density at radius 2 is 1.82 bits per heavy atom. The van der Waals surface area contributed by atoms with Crippen LogP contribution in [0.5, 0.6) is 0 Å². The van der Waals surface area contributed by atoms with E-state index in [1.165, 1.54) is 19.8 Å². The number of esters is 1. The Balaban J connectivity index is 2.42. The van der Waals surface area contributed by atoms with Gasteiger partial charge in [0, 0.05) is 26.4 Å². The van der Waals surface area contributed by atoms with Crippen LogP contribution in [0.15, 0.2) is 42.5 Å². The monoisotopic (exact) mass is 324 g/mol. The van der Waals surface area contributed by atoms with Gasteiger partial charge in [-0.15, -0.1) is 0 Å². The molecule has 5 nitrogen and oxygen atoms in total. The number of carbonyl (C=O) groups excluding carboxylic acids is 1. The molecule has 0 unspecified atom stereocenters. The Kier molecular flexibility index (Phi) is 8.04. The second-order valence-electron chi connectivity index (χ2n) is 4.89. The maximum Gasteiger partial charge on any atom is 0.540 e. The summed E-state index contributed by atoms with van der Waals surface area (Å²) in [7, 11) is 0.0286. The fraction of sp³-hybridized carbons (Fsp3) is 0.438. The van der Waals surface area contributed by atoms with Gasteiger partial charge in [-0.05, 0) is 25.3 Å². The zero-order valence-electron chi connectivity index (χ0n) is 13.5. The molecule has 22 heavy (non-hydrogen) atoms. The average Bonchev–Trinajstić information content (AvgIpc) is 2.55. The summed E-state index contributed by atoms with van der Waals surface area (Å²) in [5.41, 5.74) is 1.58. The third-order valence-corrected chi connectivity index (χ3v) is 5.51. The van der Waals surface area contributed by atoms with E-state index in [2.05, 4.69) is 18.7 Å². The normalized spacial score (nSPS) is 11.2. The van der Waals surface area contributed by atoms with E-state index in [9.17, 15) is 4.79 Å². The summed E-state index contributed by atoms with van der Waals surface area (Å²) in [6.07, 6.45) is 1.72. The molecular formula is C16H24O5Si. The predicted molar refractivity (Wildman–Crippen MR) is 86.3 cm³/mol. The molecule has 0 aromatic heterocycles. The number of hydrogen-bond donors (Lipinski definition) is 0. The van der Waals surface area contributed by atoms with Crippen molar-refractivity contribution < 1.29 is 22.8 Å². The van der Waals surface area contributed by atoms with Gasteiger partial charge in [0.25, 0.3) is 0 Å². The van der Waals surface area contributed by atoms with Crippen LogP contribution in [0.2, 0.25) is 0 Å². The van der Waals surface area contributed by atoms with Crippen molar-refractivity contribution in [2.24, 2.45) is 0 Å². The molecule has 0 bridgehead atoms. The Hall–Kier alpha value is -1.47. The highest BCUT2D eigenvalue weighted by Crippen LogP contribution is 2.11. The number of hydrogen-bond acceptors (Lipinski definition) is 5. The van der Waals surface area contributed by atoms with Crippen molar-refractivity contribution in [3.05, 3.63) is 48.0 Å². The van der Waals surface area contributed by atoms with Crippen LogP contribution in [0, 0.1) is 0 Å². The van der Waals surface area contributed by atoms with Gasteiger partial charge in [-0.3, -0.25) is 0 Å². The maximum atomic E-state index is 11.5. The van der Waals surface area contributed by atoms with Crippen LogP contribution in [0.1, 0.15) is 18.9 Å². The number of rotatable bonds is 10. The molecule has 122 valence electrons. The van der Waals surface area contributed by atoms with Crippen molar-refractivity contribution in [1.82, 2.24) is 0 Å². The minimum Gasteiger partial charge on any atom is -0.458 e. The first kappa shape index (κ1) is 18.6. The van der Waals surface area contributed by atoms with Crippen LogP contribution in [-0.2, 0) is 29.2 Å². The van der Waals surface area contributed by atoms with Gasteiger partial charge in [-0.2, -0.15) is 0 Å². The van der Waals surface area contributed by atoms with E-state index in [1.54, 1.807) is 6.92 Å². The number of benzene rings is 1. The van der Waals surface area contributed by atoms with Crippen LogP contribution in [0.25, 0.3) is 0 Å². The van der Waals surface area contributed by atoms with Crippen LogP contribution in [0.3, 0.4) is 0 Å². The lowest BCUT2D eigenvalue weighted by Crippen LogP contribution is -2.49. The van der Waals surface area contributed by atoms with Crippen molar-refractivity contribution in [3.63, 3.8) is 0 Å². The fourth-order valence-corrected chi connectivity index (χ4v) is 3.27. The Morgan fingerprint density at radius 3 is 2.36 bits per heavy atom. The molecule has 1 aromatic rings. The van der Waals surface area contributed by atoms with Crippen LogP contribution >= 0.6 is 0 Å².